The molecule has 0 aliphatic carbocycles. The third-order valence-electron chi connectivity index (χ3n) is 29.8. The predicted octanol–water partition coefficient (Wildman–Crippen LogP) is 32.5. The molecule has 0 spiro atoms. The minimum atomic E-state index is 0.941. The first-order valence-corrected chi connectivity index (χ1v) is 50.2. The molecule has 17 heterocycles. The second-order valence-electron chi connectivity index (χ2n) is 37.8. The summed E-state index contributed by atoms with van der Waals surface area (Å²) in [7, 11) is 0. The van der Waals surface area contributed by atoms with Crippen molar-refractivity contribution in [2.45, 2.75) is 0 Å². The molecule has 17 aromatic carbocycles. The van der Waals surface area contributed by atoms with E-state index in [0.29, 0.717) is 0 Å². The van der Waals surface area contributed by atoms with E-state index in [1.165, 1.54) is 119 Å². The van der Waals surface area contributed by atoms with Gasteiger partial charge < -0.3 is 4.57 Å². The predicted molar refractivity (Wildman–Crippen MR) is 607 cm³/mol. The van der Waals surface area contributed by atoms with Gasteiger partial charge >= 0.3 is 0 Å². The quantitative estimate of drug-likeness (QED) is 0.150. The van der Waals surface area contributed by atoms with Gasteiger partial charge in [-0.05, 0) is 182 Å². The van der Waals surface area contributed by atoms with Gasteiger partial charge in [-0.1, -0.05) is 291 Å². The molecule has 0 radical (unpaired) electrons. The lowest BCUT2D eigenvalue weighted by atomic mass is 9.95. The minimum Gasteiger partial charge on any atom is -0.309 e. The topological polar surface area (TPSA) is 139 Å². The number of thiophene rings is 1. The summed E-state index contributed by atoms with van der Waals surface area (Å²) in [5.74, 6) is 0. The van der Waals surface area contributed by atoms with Crippen LogP contribution in [0.2, 0.25) is 0 Å². The maximum atomic E-state index is 5.05. The highest BCUT2D eigenvalue weighted by molar-refractivity contribution is 7.19. The van der Waals surface area contributed by atoms with Crippen molar-refractivity contribution < 1.29 is 0 Å². The fourth-order valence-electron chi connectivity index (χ4n) is 23.2. The van der Waals surface area contributed by atoms with Gasteiger partial charge in [0.1, 0.15) is 39.5 Å². The Morgan fingerprint density at radius 2 is 0.435 bits per heavy atom. The van der Waals surface area contributed by atoms with Crippen LogP contribution < -0.4 is 0 Å². The molecule has 17 heteroatoms. The van der Waals surface area contributed by atoms with Gasteiger partial charge in [0.25, 0.3) is 0 Å². The van der Waals surface area contributed by atoms with Crippen molar-refractivity contribution in [1.82, 2.24) is 75.2 Å². The first-order chi connectivity index (χ1) is 72.9. The fourth-order valence-corrected chi connectivity index (χ4v) is 24.2. The molecule has 16 nitrogen and oxygen atoms in total. The second kappa shape index (κ2) is 32.3. The van der Waals surface area contributed by atoms with Crippen LogP contribution >= 0.6 is 11.3 Å². The number of pyridine rings is 8. The molecule has 0 saturated heterocycles. The van der Waals surface area contributed by atoms with Gasteiger partial charge in [0.2, 0.25) is 0 Å². The lowest BCUT2D eigenvalue weighted by molar-refractivity contribution is 1.18. The molecule has 0 aliphatic rings. The third kappa shape index (κ3) is 12.6. The van der Waals surface area contributed by atoms with Crippen molar-refractivity contribution in [2.75, 3.05) is 0 Å². The van der Waals surface area contributed by atoms with Crippen molar-refractivity contribution in [3.63, 3.8) is 0 Å². The van der Waals surface area contributed by atoms with Crippen LogP contribution in [0, 0.1) is 0 Å². The molecular weight excluding hydrogens is 1820 g/mol. The average molecular weight is 1900 g/mol. The van der Waals surface area contributed by atoms with Crippen LogP contribution in [0.1, 0.15) is 0 Å². The Morgan fingerprint density at radius 3 is 0.789 bits per heavy atom. The number of benzene rings is 17. The highest BCUT2D eigenvalue weighted by atomic mass is 32.1. The van der Waals surface area contributed by atoms with Gasteiger partial charge in [0, 0.05) is 152 Å². The second-order valence-corrected chi connectivity index (χ2v) is 38.9. The Labute approximate surface area is 839 Å². The molecule has 684 valence electrons. The van der Waals surface area contributed by atoms with Crippen molar-refractivity contribution in [1.29, 1.82) is 0 Å². The van der Waals surface area contributed by atoms with E-state index in [1.807, 2.05) is 60.1 Å². The summed E-state index contributed by atoms with van der Waals surface area (Å²) in [5.41, 5.74) is 35.9. The maximum Gasteiger partial charge on any atom is 0.147 e. The van der Waals surface area contributed by atoms with E-state index in [-0.39, 0.29) is 0 Å². The number of fused-ring (bicyclic) bond motifs is 41. The summed E-state index contributed by atoms with van der Waals surface area (Å²) < 4.78 is 18.1. The molecule has 0 N–H and O–H groups in total. The highest BCUT2D eigenvalue weighted by Crippen LogP contribution is 2.47. The van der Waals surface area contributed by atoms with E-state index in [2.05, 4.69) is 466 Å². The number of rotatable bonds is 6. The smallest absolute Gasteiger partial charge is 0.147 e. The SMILES string of the molecule is c1cc(-c2cn3c4ccccc4nc3c3ccccc23)cc(-c2cn3c4ccccc4nc3c3ccccc23)c1.c1ccc2c(c1)c1ccccc1n2-c1ccc2nc3c4cnccc4c4ccccc4n3c2c1.c1ccc2c(c1)nc1c3ccccc3c(-c3ccc(-c4cn5c6ccccc6nc5c5ccccc45)s3)cn21.c1ccc2c(c1)nc1c3ccccc3c(-c3cn4c5ccccc5nc4c4ccccc34)cn21. The summed E-state index contributed by atoms with van der Waals surface area (Å²) in [4.78, 5) is 41.8. The Bertz CT molecular complexity index is 11100. The van der Waals surface area contributed by atoms with Crippen LogP contribution in [0.15, 0.2) is 474 Å². The lowest BCUT2D eigenvalue weighted by Crippen LogP contribution is -1.95. The maximum absolute atomic E-state index is 5.05. The summed E-state index contributed by atoms with van der Waals surface area (Å²) in [6, 6.07) is 150. The largest absolute Gasteiger partial charge is 0.309 e. The monoisotopic (exact) mass is 1890 g/mol. The van der Waals surface area contributed by atoms with Gasteiger partial charge in [-0.2, -0.15) is 0 Å². The fraction of sp³-hybridized carbons (Fsp3) is 0. The van der Waals surface area contributed by atoms with Gasteiger partial charge in [-0.15, -0.1) is 11.3 Å². The molecule has 34 aromatic rings. The normalized spacial score (nSPS) is 12.1. The number of aromatic nitrogens is 16. The first-order valence-electron chi connectivity index (χ1n) is 49.4. The zero-order valence-electron chi connectivity index (χ0n) is 78.6. The Balaban J connectivity index is 0.0000000890. The third-order valence-corrected chi connectivity index (χ3v) is 30.9. The van der Waals surface area contributed by atoms with Crippen LogP contribution in [-0.2, 0) is 0 Å². The van der Waals surface area contributed by atoms with Crippen LogP contribution in [0.25, 0.3) is 285 Å². The van der Waals surface area contributed by atoms with Crippen molar-refractivity contribution in [2.24, 2.45) is 0 Å². The van der Waals surface area contributed by atoms with E-state index < -0.39 is 0 Å². The molecule has 0 unspecified atom stereocenters. The number of para-hydroxylation sites is 15. The Hall–Kier alpha value is -19.9. The lowest BCUT2D eigenvalue weighted by Gasteiger charge is -2.13. The van der Waals surface area contributed by atoms with Crippen LogP contribution in [-0.4, -0.2) is 75.2 Å². The Morgan fingerprint density at radius 1 is 0.170 bits per heavy atom. The zero-order valence-corrected chi connectivity index (χ0v) is 79.4. The van der Waals surface area contributed by atoms with Gasteiger partial charge in [0.15, 0.2) is 0 Å². The number of hydrogen-bond acceptors (Lipinski definition) is 9. The highest BCUT2D eigenvalue weighted by Gasteiger charge is 2.26. The van der Waals surface area contributed by atoms with Gasteiger partial charge in [-0.25, -0.2) is 34.9 Å². The van der Waals surface area contributed by atoms with Crippen molar-refractivity contribution in [3.05, 3.63) is 474 Å². The average Bonchev–Trinajstić information content (AvgIpc) is 1.58. The number of imidazole rings is 7. The van der Waals surface area contributed by atoms with E-state index in [4.69, 9.17) is 34.9 Å². The van der Waals surface area contributed by atoms with Crippen LogP contribution in [0.3, 0.4) is 0 Å². The summed E-state index contributed by atoms with van der Waals surface area (Å²) in [6.07, 6.45) is 17.3. The standard InChI is InChI=1S/C36H22N4.C34H20N4S.2C30H18N4/c1-3-14-27-25(12-1)29(21-39-33-18-7-5-16-31(33)37-35(27)39)23-10-9-11-24(20-23)30-22-40-34-19-8-6-17-32(34)38-36(40)28-15-4-2-13-26(28)30;1-3-11-23-21(9-1)25(19-37-29-15-7-5-13-27(29)35-33(23)37)31-17-18-32(39-31)26-20-38-30-16-8-6-14-28(30)36-34(38)24-12-4-2-10-22(24)26;1-6-12-28-21(7-1)20-15-16-31-18-24(20)30-32-25-14-13-19(17-29(25)34(28)30)33-26-10-4-2-8-22(26)23-9-3-5-11-27(23)33;1-3-11-21-19(9-1)23(17-33-27-15-7-5-13-25(27)31-29(21)33)24-18-34-28-16-8-6-14-26(28)32-30(34)22-12-4-2-10-20(22)24/h1-22H;1-20H;2*1-18H. The first kappa shape index (κ1) is 81.9. The molecule has 0 bridgehead atoms. The van der Waals surface area contributed by atoms with Crippen molar-refractivity contribution >= 4 is 236 Å². The van der Waals surface area contributed by atoms with E-state index in [1.54, 1.807) is 0 Å². The van der Waals surface area contributed by atoms with Gasteiger partial charge in [0.05, 0.1) is 93.8 Å². The molecule has 34 rings (SSSR count). The van der Waals surface area contributed by atoms with Crippen LogP contribution in [0.4, 0.5) is 0 Å². The molecule has 0 saturated carbocycles. The summed E-state index contributed by atoms with van der Waals surface area (Å²) >= 11 is 1.83. The van der Waals surface area contributed by atoms with E-state index in [9.17, 15) is 0 Å². The molecule has 17 aromatic heterocycles. The molecule has 0 amide bonds. The molecule has 147 heavy (non-hydrogen) atoms. The number of nitrogens with zero attached hydrogens (tertiary/aromatic N) is 16. The van der Waals surface area contributed by atoms with E-state index >= 15 is 0 Å². The summed E-state index contributed by atoms with van der Waals surface area (Å²) in [6.45, 7) is 0. The minimum absolute atomic E-state index is 0.941. The van der Waals surface area contributed by atoms with E-state index in [0.717, 1.165) is 166 Å². The molecule has 0 fully saturated rings. The van der Waals surface area contributed by atoms with Gasteiger partial charge in [-0.3, -0.25) is 35.8 Å². The molecule has 0 atom stereocenters. The number of hydrogen-bond donors (Lipinski definition) is 0. The molecule has 0 aliphatic heterocycles. The zero-order chi connectivity index (χ0) is 96.2. The summed E-state index contributed by atoms with van der Waals surface area (Å²) in [5, 5.41) is 20.1. The Kier molecular flexibility index (Phi) is 18.0. The van der Waals surface area contributed by atoms with Crippen molar-refractivity contribution in [3.8, 4) is 59.9 Å². The van der Waals surface area contributed by atoms with Crippen LogP contribution in [0.5, 0.6) is 0 Å². The molecular formula is C130H78N16S.